The van der Waals surface area contributed by atoms with Crippen molar-refractivity contribution in [3.8, 4) is 0 Å². The summed E-state index contributed by atoms with van der Waals surface area (Å²) in [5, 5.41) is 63.9. The Morgan fingerprint density at radius 3 is 1.04 bits per heavy atom. The van der Waals surface area contributed by atoms with Crippen LogP contribution in [0.4, 0.5) is 0 Å². The normalized spacial score (nSPS) is 17.0. The predicted octanol–water partition coefficient (Wildman–Crippen LogP) is 20.3. The van der Waals surface area contributed by atoms with Crippen LogP contribution < -0.4 is 0 Å². The number of hydrogen-bond donors (Lipinski definition) is 7. The number of aliphatic hydroxyl groups is 5. The first kappa shape index (κ1) is 88.6. The summed E-state index contributed by atoms with van der Waals surface area (Å²) in [6.07, 6.45) is 36.5. The maximum Gasteiger partial charge on any atom is 0.0924 e. The van der Waals surface area contributed by atoms with Gasteiger partial charge in [-0.3, -0.25) is 24.9 Å². The Labute approximate surface area is 749 Å². The molecule has 125 heavy (non-hydrogen) atoms. The second-order valence-corrected chi connectivity index (χ2v) is 38.6. The van der Waals surface area contributed by atoms with Crippen molar-refractivity contribution in [2.45, 2.75) is 212 Å². The van der Waals surface area contributed by atoms with E-state index in [1.165, 1.54) is 172 Å². The third-order valence-electron chi connectivity index (χ3n) is 27.1. The van der Waals surface area contributed by atoms with E-state index in [-0.39, 0.29) is 0 Å². The van der Waals surface area contributed by atoms with E-state index in [1.54, 1.807) is 62.0 Å². The van der Waals surface area contributed by atoms with Gasteiger partial charge in [-0.05, 0) is 274 Å². The van der Waals surface area contributed by atoms with Crippen LogP contribution in [0.1, 0.15) is 196 Å². The van der Waals surface area contributed by atoms with Gasteiger partial charge in [0.2, 0.25) is 0 Å². The second kappa shape index (κ2) is 36.5. The molecule has 5 aromatic carbocycles. The fourth-order valence-electron chi connectivity index (χ4n) is 20.7. The summed E-state index contributed by atoms with van der Waals surface area (Å²) in [7, 11) is 10.7. The number of aromatic amines is 2. The molecular weight excluding hydrogens is 1620 g/mol. The summed E-state index contributed by atoms with van der Waals surface area (Å²) in [5.41, 5.74) is 27.5. The molecule has 5 unspecified atom stereocenters. The number of hydrogen-bond acceptors (Lipinski definition) is 12. The van der Waals surface area contributed by atoms with Crippen LogP contribution in [0.2, 0.25) is 15.1 Å². The third-order valence-corrected chi connectivity index (χ3v) is 27.7. The maximum absolute atomic E-state index is 11.1. The van der Waals surface area contributed by atoms with E-state index in [4.69, 9.17) is 34.8 Å². The smallest absolute Gasteiger partial charge is 0.0924 e. The monoisotopic (exact) mass is 1730 g/mol. The van der Waals surface area contributed by atoms with E-state index in [9.17, 15) is 25.5 Å². The number of likely N-dealkylation sites (N-methyl/N-ethyl adjacent to an activating group) is 2. The molecule has 20 heteroatoms. The SMILES string of the molecule is CN1CCc2[nH]c3c(CC(C)(O)c4cccnc4)cc(Cl)cc3c2C1.CN1CCc2c(c3cc(Cl)cc(CC(C)(O)c4cccnc4)c3n2C)C1.Cc1cc(CC(C)(O)c2cccnc2)c2[nH]c3c(c2c1)CCCC3.Cc1cc(CC(C)(O)c2cccnc2)c2c(c1)c1c(n2C)CCCC1.Cn1c2c(c3cc(Cl)cc(CC(C)(O)c4cccnc4)c31)CCCC2. The molecule has 17 nitrogen and oxygen atoms in total. The molecule has 0 fully saturated rings. The Morgan fingerprint density at radius 2 is 0.624 bits per heavy atom. The van der Waals surface area contributed by atoms with Gasteiger partial charge in [0.1, 0.15) is 0 Å². The van der Waals surface area contributed by atoms with Gasteiger partial charge in [0.15, 0.2) is 0 Å². The summed E-state index contributed by atoms with van der Waals surface area (Å²) in [5.74, 6) is 0. The van der Waals surface area contributed by atoms with Crippen LogP contribution in [-0.2, 0) is 146 Å². The van der Waals surface area contributed by atoms with Crippen LogP contribution in [0.5, 0.6) is 0 Å². The molecule has 0 saturated heterocycles. The number of benzene rings is 5. The third kappa shape index (κ3) is 18.8. The van der Waals surface area contributed by atoms with E-state index < -0.39 is 28.0 Å². The molecule has 20 rings (SSSR count). The highest BCUT2D eigenvalue weighted by molar-refractivity contribution is 6.32. The number of rotatable bonds is 15. The quantitative estimate of drug-likeness (QED) is 0.0510. The number of fused-ring (bicyclic) bond motifs is 15. The zero-order valence-corrected chi connectivity index (χ0v) is 76.7. The Hall–Kier alpha value is -9.86. The van der Waals surface area contributed by atoms with Crippen LogP contribution in [0.25, 0.3) is 54.5 Å². The van der Waals surface area contributed by atoms with Crippen molar-refractivity contribution < 1.29 is 25.5 Å². The van der Waals surface area contributed by atoms with Gasteiger partial charge in [-0.2, -0.15) is 0 Å². The van der Waals surface area contributed by atoms with Gasteiger partial charge in [-0.15, -0.1) is 0 Å². The van der Waals surface area contributed by atoms with Gasteiger partial charge in [0.05, 0.1) is 44.6 Å². The molecule has 5 atom stereocenters. The maximum atomic E-state index is 11.1. The van der Waals surface area contributed by atoms with Crippen molar-refractivity contribution in [2.75, 3.05) is 27.2 Å². The van der Waals surface area contributed by atoms with Crippen LogP contribution in [0, 0.1) is 13.8 Å². The first-order valence-corrected chi connectivity index (χ1v) is 45.6. The van der Waals surface area contributed by atoms with E-state index >= 15 is 0 Å². The number of nitrogens with zero attached hydrogens (tertiary/aromatic N) is 10. The minimum Gasteiger partial charge on any atom is -0.385 e. The van der Waals surface area contributed by atoms with Crippen LogP contribution in [-0.4, -0.2) is 111 Å². The zero-order chi connectivity index (χ0) is 88.0. The molecule has 15 aromatic rings. The molecule has 650 valence electrons. The van der Waals surface area contributed by atoms with Crippen molar-refractivity contribution >= 4 is 89.3 Å². The Bertz CT molecular complexity index is 6250. The second-order valence-electron chi connectivity index (χ2n) is 37.3. The zero-order valence-electron chi connectivity index (χ0n) is 74.4. The summed E-state index contributed by atoms with van der Waals surface area (Å²) < 4.78 is 6.98. The molecule has 0 radical (unpaired) electrons. The van der Waals surface area contributed by atoms with Gasteiger partial charge in [0, 0.05) is 264 Å². The van der Waals surface area contributed by atoms with Gasteiger partial charge in [-0.25, -0.2) is 0 Å². The molecule has 12 heterocycles. The highest BCUT2D eigenvalue weighted by Crippen LogP contribution is 2.44. The molecular formula is C105H119Cl3N12O5. The van der Waals surface area contributed by atoms with Crippen LogP contribution in [0.15, 0.2) is 183 Å². The van der Waals surface area contributed by atoms with Crippen molar-refractivity contribution in [1.82, 2.24) is 58.4 Å². The average molecular weight is 1740 g/mol. The first-order chi connectivity index (χ1) is 59.8. The lowest BCUT2D eigenvalue weighted by Gasteiger charge is -2.24. The van der Waals surface area contributed by atoms with Crippen molar-refractivity contribution in [2.24, 2.45) is 21.1 Å². The summed E-state index contributed by atoms with van der Waals surface area (Å²) in [4.78, 5) is 32.7. The molecule has 0 saturated carbocycles. The molecule has 2 aliphatic heterocycles. The Kier molecular flexibility index (Phi) is 25.8. The number of halogens is 3. The van der Waals surface area contributed by atoms with Crippen LogP contribution in [0.3, 0.4) is 0 Å². The standard InChI is InChI=1S/C22H26N2O.C21H24ClN3O.C21H23ClN2O.C21H24N2O.C20H22ClN3O/c1-15-11-16(13-22(2,25)17-7-6-10-23-14-17)21-19(12-15)18-8-4-5-9-20(18)24(21)3;1-21(26,15-5-4-7-23-12-15)11-14-9-16(22)10-17-18-13-24(2)8-6-19(18)25(3)20(14)17;1-21(25,15-6-5-9-23-13-15)12-14-10-16(22)11-18-17-7-3-4-8-19(17)24(2)20(14)18;1-14-10-15(12-21(2,24)16-6-5-9-22-13-16)20-18(11-14)17-7-3-4-8-19(17)23-20;1-20(25,14-4-3-6-22-11-14)10-13-8-15(21)9-16-17-12-24(2)7-5-18(17)23-19(13)16/h6-7,10-12,14,25H,4-5,8-9,13H2,1-3H3;4-5,7,9-10,12,26H,6,8,11,13H2,1-3H3;5-6,9-11,13,25H,3-4,7-8,12H2,1-2H3;5-6,9-11,13,23-24H,3-4,7-8,12H2,1-2H3;3-4,6,8-9,11,23,25H,5,7,10,12H2,1-2H3. The fraction of sp³-hybridized carbons (Fsp3) is 0.381. The number of H-pyrrole nitrogens is 2. The minimum absolute atomic E-state index is 0.477. The van der Waals surface area contributed by atoms with E-state index in [2.05, 4.69) is 144 Å². The highest BCUT2D eigenvalue weighted by Gasteiger charge is 2.35. The molecule has 10 aromatic heterocycles. The molecule has 7 N–H and O–H groups in total. The first-order valence-electron chi connectivity index (χ1n) is 44.4. The van der Waals surface area contributed by atoms with E-state index in [0.717, 1.165) is 131 Å². The lowest BCUT2D eigenvalue weighted by atomic mass is 9.88. The fourth-order valence-corrected chi connectivity index (χ4v) is 21.4. The predicted molar refractivity (Wildman–Crippen MR) is 507 cm³/mol. The van der Waals surface area contributed by atoms with Crippen molar-refractivity contribution in [1.29, 1.82) is 0 Å². The minimum atomic E-state index is -1.01. The van der Waals surface area contributed by atoms with E-state index in [0.29, 0.717) is 37.1 Å². The summed E-state index contributed by atoms with van der Waals surface area (Å²) in [6.45, 7) is 17.6. The number of aryl methyl sites for hydroxylation is 9. The molecule has 5 aliphatic rings. The van der Waals surface area contributed by atoms with Crippen molar-refractivity contribution in [3.05, 3.63) is 321 Å². The lowest BCUT2D eigenvalue weighted by molar-refractivity contribution is 0.0570. The molecule has 0 bridgehead atoms. The van der Waals surface area contributed by atoms with Gasteiger partial charge in [-0.1, -0.05) is 88.4 Å². The van der Waals surface area contributed by atoms with Crippen molar-refractivity contribution in [3.63, 3.8) is 0 Å². The molecule has 3 aliphatic carbocycles. The summed E-state index contributed by atoms with van der Waals surface area (Å²) in [6, 6.07) is 40.2. The lowest BCUT2D eigenvalue weighted by Crippen LogP contribution is -2.27. The van der Waals surface area contributed by atoms with E-state index in [1.807, 2.05) is 120 Å². The van der Waals surface area contributed by atoms with Gasteiger partial charge >= 0.3 is 0 Å². The number of nitrogens with one attached hydrogen (secondary N) is 2. The Morgan fingerprint density at radius 1 is 0.328 bits per heavy atom. The largest absolute Gasteiger partial charge is 0.385 e. The van der Waals surface area contributed by atoms with Crippen LogP contribution >= 0.6 is 34.8 Å². The van der Waals surface area contributed by atoms with Gasteiger partial charge in [0.25, 0.3) is 0 Å². The number of pyridine rings is 5. The molecule has 0 amide bonds. The Balaban J connectivity index is 0.000000115. The van der Waals surface area contributed by atoms with Gasteiger partial charge < -0.3 is 59.0 Å². The summed E-state index contributed by atoms with van der Waals surface area (Å²) >= 11 is 19.3. The highest BCUT2D eigenvalue weighted by atomic mass is 35.5. The molecule has 0 spiro atoms. The average Bonchev–Trinajstić information content (AvgIpc) is 1.60. The number of aromatic nitrogens is 10. The topological polar surface area (TPSA) is 218 Å².